The summed E-state index contributed by atoms with van der Waals surface area (Å²) in [4.78, 5) is 24.9. The van der Waals surface area contributed by atoms with E-state index in [1.165, 1.54) is 0 Å². The van der Waals surface area contributed by atoms with Crippen LogP contribution in [0.5, 0.6) is 0 Å². The van der Waals surface area contributed by atoms with Gasteiger partial charge < -0.3 is 10.4 Å². The molecule has 3 unspecified atom stereocenters. The molecule has 3 atom stereocenters. The lowest BCUT2D eigenvalue weighted by Gasteiger charge is -2.40. The number of nitrogens with zero attached hydrogens (tertiary/aromatic N) is 1. The summed E-state index contributed by atoms with van der Waals surface area (Å²) < 4.78 is 0. The maximum atomic E-state index is 11.8. The van der Waals surface area contributed by atoms with Crippen LogP contribution in [0.15, 0.2) is 0 Å². The molecule has 0 bridgehead atoms. The van der Waals surface area contributed by atoms with Crippen LogP contribution in [-0.2, 0) is 9.59 Å². The van der Waals surface area contributed by atoms with Gasteiger partial charge in [0, 0.05) is 19.6 Å². The second-order valence-corrected chi connectivity index (χ2v) is 5.45. The van der Waals surface area contributed by atoms with Crippen molar-refractivity contribution >= 4 is 11.9 Å². The maximum Gasteiger partial charge on any atom is 0.308 e. The molecule has 17 heavy (non-hydrogen) atoms. The van der Waals surface area contributed by atoms with Gasteiger partial charge in [0.2, 0.25) is 5.91 Å². The van der Waals surface area contributed by atoms with Gasteiger partial charge in [-0.05, 0) is 32.7 Å². The first kappa shape index (κ1) is 12.4. The van der Waals surface area contributed by atoms with Crippen molar-refractivity contribution in [2.45, 2.75) is 32.2 Å². The van der Waals surface area contributed by atoms with Crippen molar-refractivity contribution in [3.63, 3.8) is 0 Å². The fourth-order valence-electron chi connectivity index (χ4n) is 2.97. The van der Waals surface area contributed by atoms with Crippen molar-refractivity contribution < 1.29 is 14.7 Å². The van der Waals surface area contributed by atoms with Crippen LogP contribution in [0.25, 0.3) is 0 Å². The Morgan fingerprint density at radius 3 is 2.59 bits per heavy atom. The molecular weight excluding hydrogens is 220 g/mol. The van der Waals surface area contributed by atoms with E-state index in [4.69, 9.17) is 5.11 Å². The summed E-state index contributed by atoms with van der Waals surface area (Å²) in [5.74, 6) is -0.872. The molecule has 2 aliphatic rings. The first-order valence-electron chi connectivity index (χ1n) is 6.17. The topological polar surface area (TPSA) is 69.6 Å². The van der Waals surface area contributed by atoms with Gasteiger partial charge in [0.05, 0.1) is 11.3 Å². The maximum absolute atomic E-state index is 11.8. The number of hydrogen-bond acceptors (Lipinski definition) is 3. The standard InChI is InChI=1S/C12H20N2O3/c1-12(11(17)13-2)5-6-14(7-12)9-4-3-8(9)10(15)16/h8-9H,3-7H2,1-2H3,(H,13,17)(H,15,16). The van der Waals surface area contributed by atoms with E-state index >= 15 is 0 Å². The Balaban J connectivity index is 1.98. The number of nitrogens with one attached hydrogen (secondary N) is 1. The summed E-state index contributed by atoms with van der Waals surface area (Å²) in [6.45, 7) is 3.47. The molecule has 5 heteroatoms. The summed E-state index contributed by atoms with van der Waals surface area (Å²) in [6, 6.07) is 0.138. The normalized spacial score (nSPS) is 37.5. The molecule has 1 aliphatic heterocycles. The Bertz CT molecular complexity index is 345. The van der Waals surface area contributed by atoms with Crippen molar-refractivity contribution in [1.29, 1.82) is 0 Å². The number of carbonyl (C=O) groups excluding carboxylic acids is 1. The number of carbonyl (C=O) groups is 2. The molecule has 1 saturated heterocycles. The monoisotopic (exact) mass is 240 g/mol. The molecule has 1 aliphatic carbocycles. The van der Waals surface area contributed by atoms with Gasteiger partial charge in [-0.2, -0.15) is 0 Å². The van der Waals surface area contributed by atoms with Gasteiger partial charge in [-0.1, -0.05) is 0 Å². The van der Waals surface area contributed by atoms with Crippen LogP contribution >= 0.6 is 0 Å². The molecule has 5 nitrogen and oxygen atoms in total. The molecule has 2 N–H and O–H groups in total. The summed E-state index contributed by atoms with van der Waals surface area (Å²) >= 11 is 0. The fourth-order valence-corrected chi connectivity index (χ4v) is 2.97. The summed E-state index contributed by atoms with van der Waals surface area (Å²) in [5.41, 5.74) is -0.354. The van der Waals surface area contributed by atoms with Gasteiger partial charge in [0.1, 0.15) is 0 Å². The Hall–Kier alpha value is -1.10. The number of hydrogen-bond donors (Lipinski definition) is 2. The quantitative estimate of drug-likeness (QED) is 0.745. The van der Waals surface area contributed by atoms with Crippen LogP contribution in [0.1, 0.15) is 26.2 Å². The van der Waals surface area contributed by atoms with Crippen LogP contribution in [0, 0.1) is 11.3 Å². The molecule has 1 heterocycles. The van der Waals surface area contributed by atoms with Gasteiger partial charge in [-0.15, -0.1) is 0 Å². The number of aliphatic carboxylic acids is 1. The third-order valence-electron chi connectivity index (χ3n) is 4.30. The van der Waals surface area contributed by atoms with E-state index in [0.29, 0.717) is 6.54 Å². The van der Waals surface area contributed by atoms with Gasteiger partial charge in [-0.25, -0.2) is 0 Å². The average Bonchev–Trinajstić information content (AvgIpc) is 2.58. The molecule has 0 spiro atoms. The number of rotatable bonds is 3. The van der Waals surface area contributed by atoms with E-state index in [2.05, 4.69) is 10.2 Å². The third-order valence-corrected chi connectivity index (χ3v) is 4.30. The van der Waals surface area contributed by atoms with E-state index in [1.807, 2.05) is 6.92 Å². The predicted molar refractivity (Wildman–Crippen MR) is 62.5 cm³/mol. The molecule has 2 rings (SSSR count). The lowest BCUT2D eigenvalue weighted by Crippen LogP contribution is -2.50. The number of likely N-dealkylation sites (tertiary alicyclic amines) is 1. The van der Waals surface area contributed by atoms with E-state index in [0.717, 1.165) is 25.8 Å². The zero-order valence-electron chi connectivity index (χ0n) is 10.4. The second kappa shape index (κ2) is 4.29. The molecule has 0 radical (unpaired) electrons. The zero-order chi connectivity index (χ0) is 12.6. The first-order valence-corrected chi connectivity index (χ1v) is 6.17. The largest absolute Gasteiger partial charge is 0.481 e. The summed E-state index contributed by atoms with van der Waals surface area (Å²) in [6.07, 6.45) is 2.53. The van der Waals surface area contributed by atoms with E-state index in [1.54, 1.807) is 7.05 Å². The van der Waals surface area contributed by atoms with Crippen LogP contribution in [0.2, 0.25) is 0 Å². The highest BCUT2D eigenvalue weighted by Gasteiger charge is 2.47. The minimum Gasteiger partial charge on any atom is -0.481 e. The lowest BCUT2D eigenvalue weighted by molar-refractivity contribution is -0.148. The van der Waals surface area contributed by atoms with E-state index < -0.39 is 5.97 Å². The van der Waals surface area contributed by atoms with Gasteiger partial charge >= 0.3 is 5.97 Å². The Morgan fingerprint density at radius 1 is 1.41 bits per heavy atom. The first-order chi connectivity index (χ1) is 7.98. The second-order valence-electron chi connectivity index (χ2n) is 5.45. The Kier molecular flexibility index (Phi) is 3.12. The number of amides is 1. The van der Waals surface area contributed by atoms with Crippen molar-refractivity contribution in [2.24, 2.45) is 11.3 Å². The Labute approximate surface area is 101 Å². The van der Waals surface area contributed by atoms with E-state index in [9.17, 15) is 9.59 Å². The van der Waals surface area contributed by atoms with Crippen molar-refractivity contribution in [3.8, 4) is 0 Å². The van der Waals surface area contributed by atoms with Crippen LogP contribution in [0.4, 0.5) is 0 Å². The highest BCUT2D eigenvalue weighted by molar-refractivity contribution is 5.82. The third kappa shape index (κ3) is 2.04. The van der Waals surface area contributed by atoms with Gasteiger partial charge in [0.15, 0.2) is 0 Å². The SMILES string of the molecule is CNC(=O)C1(C)CCN(C2CCC2C(=O)O)C1. The molecule has 0 aromatic rings. The van der Waals surface area contributed by atoms with Crippen molar-refractivity contribution in [3.05, 3.63) is 0 Å². The van der Waals surface area contributed by atoms with Crippen LogP contribution in [-0.4, -0.2) is 48.1 Å². The molecule has 0 aromatic heterocycles. The fraction of sp³-hybridized carbons (Fsp3) is 0.833. The van der Waals surface area contributed by atoms with Crippen LogP contribution < -0.4 is 5.32 Å². The van der Waals surface area contributed by atoms with Crippen molar-refractivity contribution in [1.82, 2.24) is 10.2 Å². The zero-order valence-corrected chi connectivity index (χ0v) is 10.4. The highest BCUT2D eigenvalue weighted by Crippen LogP contribution is 2.39. The molecule has 96 valence electrons. The van der Waals surface area contributed by atoms with Crippen LogP contribution in [0.3, 0.4) is 0 Å². The molecule has 0 aromatic carbocycles. The smallest absolute Gasteiger partial charge is 0.308 e. The minimum absolute atomic E-state index is 0.0613. The Morgan fingerprint density at radius 2 is 2.12 bits per heavy atom. The average molecular weight is 240 g/mol. The van der Waals surface area contributed by atoms with Crippen molar-refractivity contribution in [2.75, 3.05) is 20.1 Å². The molecule has 1 saturated carbocycles. The number of carboxylic acids is 1. The lowest BCUT2D eigenvalue weighted by atomic mass is 9.78. The molecule has 2 fully saturated rings. The summed E-state index contributed by atoms with van der Waals surface area (Å²) in [5, 5.41) is 11.7. The molecule has 1 amide bonds. The summed E-state index contributed by atoms with van der Waals surface area (Å²) in [7, 11) is 1.65. The molecular formula is C12H20N2O3. The van der Waals surface area contributed by atoms with E-state index in [-0.39, 0.29) is 23.3 Å². The van der Waals surface area contributed by atoms with Gasteiger partial charge in [-0.3, -0.25) is 14.5 Å². The number of carboxylic acid groups (broad SMARTS) is 1. The minimum atomic E-state index is -0.699. The predicted octanol–water partition coefficient (Wildman–Crippen LogP) is 0.308. The van der Waals surface area contributed by atoms with Gasteiger partial charge in [0.25, 0.3) is 0 Å². The highest BCUT2D eigenvalue weighted by atomic mass is 16.4.